The summed E-state index contributed by atoms with van der Waals surface area (Å²) in [7, 11) is 0. The highest BCUT2D eigenvalue weighted by atomic mass is 35.5. The van der Waals surface area contributed by atoms with Gasteiger partial charge in [-0.2, -0.15) is 0 Å². The number of hydrogen-bond acceptors (Lipinski definition) is 4. The van der Waals surface area contributed by atoms with Crippen LogP contribution in [0.1, 0.15) is 30.4 Å². The van der Waals surface area contributed by atoms with E-state index in [-0.39, 0.29) is 0 Å². The molecule has 0 N–H and O–H groups in total. The molecule has 0 fully saturated rings. The summed E-state index contributed by atoms with van der Waals surface area (Å²) < 4.78 is 2.09. The molecule has 0 bridgehead atoms. The van der Waals surface area contributed by atoms with Gasteiger partial charge in [0.1, 0.15) is 12.1 Å². The van der Waals surface area contributed by atoms with Crippen molar-refractivity contribution in [3.8, 4) is 0 Å². The normalized spacial score (nSPS) is 14.4. The molecule has 0 aromatic carbocycles. The summed E-state index contributed by atoms with van der Waals surface area (Å²) in [5.74, 6) is 2.52. The van der Waals surface area contributed by atoms with Gasteiger partial charge >= 0.3 is 0 Å². The van der Waals surface area contributed by atoms with Crippen LogP contribution >= 0.6 is 11.6 Å². The number of nitrogens with zero attached hydrogens (tertiary/aromatic N) is 5. The topological polar surface area (TPSA) is 46.8 Å². The standard InChI is InChI=1S/C14H18ClN5/c1-2-3-12-6-11(8-15)7-13(17-12)19-4-5-20-10-16-18-14(20)9-19/h6-7,10H,2-5,8-9H2,1H3. The van der Waals surface area contributed by atoms with Crippen LogP contribution in [0.15, 0.2) is 18.5 Å². The van der Waals surface area contributed by atoms with Crippen molar-refractivity contribution < 1.29 is 0 Å². The number of halogens is 1. The van der Waals surface area contributed by atoms with E-state index in [1.165, 1.54) is 0 Å². The van der Waals surface area contributed by atoms with Crippen molar-refractivity contribution in [1.82, 2.24) is 19.7 Å². The second-order valence-corrected chi connectivity index (χ2v) is 5.34. The number of anilines is 1. The lowest BCUT2D eigenvalue weighted by Crippen LogP contribution is -2.34. The van der Waals surface area contributed by atoms with Crippen LogP contribution < -0.4 is 4.90 Å². The number of hydrogen-bond donors (Lipinski definition) is 0. The van der Waals surface area contributed by atoms with Crippen LogP contribution in [0, 0.1) is 0 Å². The quantitative estimate of drug-likeness (QED) is 0.812. The zero-order valence-corrected chi connectivity index (χ0v) is 12.3. The van der Waals surface area contributed by atoms with Crippen molar-refractivity contribution in [3.05, 3.63) is 35.5 Å². The Hall–Kier alpha value is -1.62. The Morgan fingerprint density at radius 1 is 1.30 bits per heavy atom. The zero-order chi connectivity index (χ0) is 13.9. The fourth-order valence-electron chi connectivity index (χ4n) is 2.52. The van der Waals surface area contributed by atoms with Crippen molar-refractivity contribution in [3.63, 3.8) is 0 Å². The van der Waals surface area contributed by atoms with E-state index in [0.717, 1.165) is 55.4 Å². The van der Waals surface area contributed by atoms with E-state index in [1.54, 1.807) is 6.33 Å². The third-order valence-corrected chi connectivity index (χ3v) is 3.86. The average molecular weight is 292 g/mol. The summed E-state index contributed by atoms with van der Waals surface area (Å²) >= 11 is 6.00. The maximum atomic E-state index is 6.00. The van der Waals surface area contributed by atoms with Crippen LogP contribution in [0.2, 0.25) is 0 Å². The summed E-state index contributed by atoms with van der Waals surface area (Å²) in [5.41, 5.74) is 2.25. The average Bonchev–Trinajstić information content (AvgIpc) is 2.94. The van der Waals surface area contributed by atoms with Gasteiger partial charge in [0.05, 0.1) is 6.54 Å². The molecular formula is C14H18ClN5. The third kappa shape index (κ3) is 2.63. The molecule has 0 saturated heterocycles. The fourth-order valence-corrected chi connectivity index (χ4v) is 2.67. The lowest BCUT2D eigenvalue weighted by atomic mass is 10.1. The summed E-state index contributed by atoms with van der Waals surface area (Å²) in [4.78, 5) is 7.01. The molecule has 1 aliphatic rings. The van der Waals surface area contributed by atoms with E-state index >= 15 is 0 Å². The van der Waals surface area contributed by atoms with E-state index in [2.05, 4.69) is 38.7 Å². The van der Waals surface area contributed by atoms with Crippen LogP contribution in [-0.4, -0.2) is 26.3 Å². The molecule has 0 saturated carbocycles. The molecule has 5 nitrogen and oxygen atoms in total. The lowest BCUT2D eigenvalue weighted by Gasteiger charge is -2.28. The molecule has 1 aliphatic heterocycles. The molecule has 0 radical (unpaired) electrons. The Morgan fingerprint density at radius 2 is 2.20 bits per heavy atom. The van der Waals surface area contributed by atoms with Crippen molar-refractivity contribution in [2.75, 3.05) is 11.4 Å². The van der Waals surface area contributed by atoms with Crippen molar-refractivity contribution >= 4 is 17.4 Å². The van der Waals surface area contributed by atoms with Gasteiger partial charge in [0.25, 0.3) is 0 Å². The van der Waals surface area contributed by atoms with Gasteiger partial charge < -0.3 is 9.47 Å². The van der Waals surface area contributed by atoms with Gasteiger partial charge in [0.2, 0.25) is 0 Å². The second kappa shape index (κ2) is 5.79. The Labute approximate surface area is 123 Å². The first-order valence-corrected chi connectivity index (χ1v) is 7.51. The van der Waals surface area contributed by atoms with Gasteiger partial charge in [-0.3, -0.25) is 0 Å². The minimum atomic E-state index is 0.524. The van der Waals surface area contributed by atoms with E-state index in [0.29, 0.717) is 5.88 Å². The summed E-state index contributed by atoms with van der Waals surface area (Å²) in [6.07, 6.45) is 3.87. The minimum absolute atomic E-state index is 0.524. The summed E-state index contributed by atoms with van der Waals surface area (Å²) in [6.45, 7) is 4.75. The first kappa shape index (κ1) is 13.4. The smallest absolute Gasteiger partial charge is 0.152 e. The van der Waals surface area contributed by atoms with E-state index in [1.807, 2.05) is 0 Å². The molecule has 2 aromatic rings. The van der Waals surface area contributed by atoms with Gasteiger partial charge in [-0.1, -0.05) is 13.3 Å². The van der Waals surface area contributed by atoms with Crippen LogP contribution in [0.4, 0.5) is 5.82 Å². The molecule has 0 aliphatic carbocycles. The van der Waals surface area contributed by atoms with Crippen LogP contribution in [0.5, 0.6) is 0 Å². The van der Waals surface area contributed by atoms with Crippen LogP contribution in [0.3, 0.4) is 0 Å². The van der Waals surface area contributed by atoms with Crippen LogP contribution in [0.25, 0.3) is 0 Å². The molecule has 3 heterocycles. The van der Waals surface area contributed by atoms with Crippen molar-refractivity contribution in [2.24, 2.45) is 0 Å². The highest BCUT2D eigenvalue weighted by Crippen LogP contribution is 2.21. The Bertz CT molecular complexity index is 595. The molecule has 0 unspecified atom stereocenters. The summed E-state index contributed by atoms with van der Waals surface area (Å²) in [5, 5.41) is 8.11. The monoisotopic (exact) mass is 291 g/mol. The van der Waals surface area contributed by atoms with Crippen molar-refractivity contribution in [1.29, 1.82) is 0 Å². The molecule has 20 heavy (non-hydrogen) atoms. The van der Waals surface area contributed by atoms with Gasteiger partial charge in [0, 0.05) is 24.7 Å². The van der Waals surface area contributed by atoms with Gasteiger partial charge in [-0.15, -0.1) is 21.8 Å². The van der Waals surface area contributed by atoms with E-state index in [4.69, 9.17) is 16.6 Å². The predicted molar refractivity (Wildman–Crippen MR) is 78.9 cm³/mol. The minimum Gasteiger partial charge on any atom is -0.347 e. The predicted octanol–water partition coefficient (Wildman–Crippen LogP) is 2.38. The number of aromatic nitrogens is 4. The molecule has 106 valence electrons. The summed E-state index contributed by atoms with van der Waals surface area (Å²) in [6, 6.07) is 4.19. The van der Waals surface area contributed by atoms with Crippen LogP contribution in [-0.2, 0) is 25.4 Å². The fraction of sp³-hybridized carbons (Fsp3) is 0.500. The maximum absolute atomic E-state index is 6.00. The molecule has 6 heteroatoms. The number of rotatable bonds is 4. The Balaban J connectivity index is 1.88. The molecule has 3 rings (SSSR count). The second-order valence-electron chi connectivity index (χ2n) is 5.07. The molecule has 0 spiro atoms. The highest BCUT2D eigenvalue weighted by molar-refractivity contribution is 6.17. The Morgan fingerprint density at radius 3 is 3.00 bits per heavy atom. The van der Waals surface area contributed by atoms with Gasteiger partial charge in [0.15, 0.2) is 5.82 Å². The maximum Gasteiger partial charge on any atom is 0.152 e. The molecular weight excluding hydrogens is 274 g/mol. The number of alkyl halides is 1. The SMILES string of the molecule is CCCc1cc(CCl)cc(N2CCn3cnnc3C2)n1. The Kier molecular flexibility index (Phi) is 3.87. The highest BCUT2D eigenvalue weighted by Gasteiger charge is 2.19. The van der Waals surface area contributed by atoms with Gasteiger partial charge in [-0.25, -0.2) is 4.98 Å². The number of pyridine rings is 1. The molecule has 0 atom stereocenters. The molecule has 2 aromatic heterocycles. The van der Waals surface area contributed by atoms with Crippen molar-refractivity contribution in [2.45, 2.75) is 38.7 Å². The largest absolute Gasteiger partial charge is 0.347 e. The number of fused-ring (bicyclic) bond motifs is 1. The third-order valence-electron chi connectivity index (χ3n) is 3.55. The molecule has 0 amide bonds. The first-order chi connectivity index (χ1) is 9.80. The van der Waals surface area contributed by atoms with Gasteiger partial charge in [-0.05, 0) is 24.1 Å². The first-order valence-electron chi connectivity index (χ1n) is 6.97. The number of aryl methyl sites for hydroxylation is 1. The zero-order valence-electron chi connectivity index (χ0n) is 11.6. The lowest BCUT2D eigenvalue weighted by molar-refractivity contribution is 0.555. The van der Waals surface area contributed by atoms with E-state index in [9.17, 15) is 0 Å². The van der Waals surface area contributed by atoms with E-state index < -0.39 is 0 Å².